The van der Waals surface area contributed by atoms with Gasteiger partial charge in [-0.3, -0.25) is 9.97 Å². The van der Waals surface area contributed by atoms with Crippen LogP contribution < -0.4 is 0 Å². The molecule has 0 N–H and O–H groups in total. The van der Waals surface area contributed by atoms with Gasteiger partial charge >= 0.3 is 0 Å². The first-order valence-corrected chi connectivity index (χ1v) is 6.26. The van der Waals surface area contributed by atoms with Crippen molar-refractivity contribution >= 4 is 0 Å². The number of aromatic nitrogens is 2. The molecule has 0 aliphatic rings. The van der Waals surface area contributed by atoms with E-state index < -0.39 is 0 Å². The molecule has 1 aromatic carbocycles. The second-order valence-corrected chi connectivity index (χ2v) is 4.51. The molecule has 0 amide bonds. The lowest BCUT2D eigenvalue weighted by Gasteiger charge is -2.08. The average molecular weight is 246 g/mol. The van der Waals surface area contributed by atoms with Crippen molar-refractivity contribution in [1.29, 1.82) is 0 Å². The van der Waals surface area contributed by atoms with E-state index in [-0.39, 0.29) is 0 Å². The van der Waals surface area contributed by atoms with E-state index in [4.69, 9.17) is 0 Å². The van der Waals surface area contributed by atoms with Gasteiger partial charge in [0.05, 0.1) is 0 Å². The number of rotatable bonds is 2. The first-order valence-electron chi connectivity index (χ1n) is 6.26. The lowest BCUT2D eigenvalue weighted by atomic mass is 9.97. The Labute approximate surface area is 112 Å². The molecule has 0 bridgehead atoms. The normalized spacial score (nSPS) is 10.4. The molecule has 0 spiro atoms. The largest absolute Gasteiger partial charge is 0.265 e. The summed E-state index contributed by atoms with van der Waals surface area (Å²) in [5.41, 5.74) is 6.04. The molecule has 2 heteroatoms. The van der Waals surface area contributed by atoms with Gasteiger partial charge in [0.25, 0.3) is 0 Å². The first-order chi connectivity index (χ1) is 9.34. The van der Waals surface area contributed by atoms with E-state index in [1.54, 1.807) is 6.20 Å². The zero-order valence-electron chi connectivity index (χ0n) is 10.7. The Bertz CT molecular complexity index is 676. The van der Waals surface area contributed by atoms with Gasteiger partial charge in [-0.05, 0) is 52.9 Å². The third-order valence-electron chi connectivity index (χ3n) is 3.21. The molecule has 3 rings (SSSR count). The van der Waals surface area contributed by atoms with Crippen LogP contribution >= 0.6 is 0 Å². The summed E-state index contributed by atoms with van der Waals surface area (Å²) in [6.45, 7) is 2.13. The molecule has 0 saturated carbocycles. The Morgan fingerprint density at radius 2 is 1.58 bits per heavy atom. The molecule has 19 heavy (non-hydrogen) atoms. The van der Waals surface area contributed by atoms with Crippen LogP contribution in [-0.4, -0.2) is 9.97 Å². The minimum atomic E-state index is 1.15. The zero-order chi connectivity index (χ0) is 13.1. The molecule has 0 aliphatic heterocycles. The van der Waals surface area contributed by atoms with Crippen LogP contribution in [0.4, 0.5) is 0 Å². The van der Waals surface area contributed by atoms with Crippen LogP contribution in [0.5, 0.6) is 0 Å². The molecule has 0 unspecified atom stereocenters. The average Bonchev–Trinajstić information content (AvgIpc) is 2.49. The Balaban J connectivity index is 2.04. The van der Waals surface area contributed by atoms with Gasteiger partial charge in [0, 0.05) is 24.8 Å². The summed E-state index contributed by atoms with van der Waals surface area (Å²) in [5, 5.41) is 0. The highest BCUT2D eigenvalue weighted by molar-refractivity contribution is 5.72. The smallest absolute Gasteiger partial charge is 0.0346 e. The van der Waals surface area contributed by atoms with Crippen molar-refractivity contribution in [2.24, 2.45) is 0 Å². The number of benzene rings is 1. The SMILES string of the molecule is Cc1cc(-c2cccnc2)ccc1-c1ccncc1. The Kier molecular flexibility index (Phi) is 3.07. The zero-order valence-corrected chi connectivity index (χ0v) is 10.7. The fraction of sp³-hybridized carbons (Fsp3) is 0.0588. The fourth-order valence-corrected chi connectivity index (χ4v) is 2.23. The van der Waals surface area contributed by atoms with Gasteiger partial charge in [-0.2, -0.15) is 0 Å². The molecule has 0 radical (unpaired) electrons. The Hall–Kier alpha value is -2.48. The van der Waals surface area contributed by atoms with Crippen molar-refractivity contribution in [2.45, 2.75) is 6.92 Å². The van der Waals surface area contributed by atoms with Crippen LogP contribution in [0.1, 0.15) is 5.56 Å². The third-order valence-corrected chi connectivity index (χ3v) is 3.21. The van der Waals surface area contributed by atoms with Crippen molar-refractivity contribution < 1.29 is 0 Å². The molecule has 2 heterocycles. The molecule has 2 aromatic heterocycles. The summed E-state index contributed by atoms with van der Waals surface area (Å²) >= 11 is 0. The summed E-state index contributed by atoms with van der Waals surface area (Å²) in [7, 11) is 0. The molecule has 3 aromatic rings. The van der Waals surface area contributed by atoms with Gasteiger partial charge in [0.15, 0.2) is 0 Å². The van der Waals surface area contributed by atoms with Crippen LogP contribution in [0.2, 0.25) is 0 Å². The second-order valence-electron chi connectivity index (χ2n) is 4.51. The molecule has 0 atom stereocenters. The third kappa shape index (κ3) is 2.38. The Morgan fingerprint density at radius 3 is 2.26 bits per heavy atom. The molecule has 2 nitrogen and oxygen atoms in total. The summed E-state index contributed by atoms with van der Waals surface area (Å²) in [6, 6.07) is 14.6. The maximum absolute atomic E-state index is 4.16. The van der Waals surface area contributed by atoms with Gasteiger partial charge in [0.1, 0.15) is 0 Å². The maximum atomic E-state index is 4.16. The van der Waals surface area contributed by atoms with Crippen LogP contribution in [0.3, 0.4) is 0 Å². The van der Waals surface area contributed by atoms with E-state index in [1.807, 2.05) is 36.8 Å². The lowest BCUT2D eigenvalue weighted by molar-refractivity contribution is 1.32. The van der Waals surface area contributed by atoms with Crippen LogP contribution in [0.25, 0.3) is 22.3 Å². The monoisotopic (exact) mass is 246 g/mol. The van der Waals surface area contributed by atoms with Crippen LogP contribution in [0.15, 0.2) is 67.3 Å². The van der Waals surface area contributed by atoms with E-state index in [0.29, 0.717) is 0 Å². The predicted octanol–water partition coefficient (Wildman–Crippen LogP) is 4.12. The lowest BCUT2D eigenvalue weighted by Crippen LogP contribution is -1.86. The van der Waals surface area contributed by atoms with Gasteiger partial charge < -0.3 is 0 Å². The summed E-state index contributed by atoms with van der Waals surface area (Å²) in [5.74, 6) is 0. The van der Waals surface area contributed by atoms with Crippen molar-refractivity contribution in [2.75, 3.05) is 0 Å². The molecule has 0 aliphatic carbocycles. The molecule has 92 valence electrons. The number of hydrogen-bond acceptors (Lipinski definition) is 2. The van der Waals surface area contributed by atoms with Crippen molar-refractivity contribution in [3.8, 4) is 22.3 Å². The molecule has 0 saturated heterocycles. The first kappa shape index (κ1) is 11.6. The van der Waals surface area contributed by atoms with Gasteiger partial charge in [-0.15, -0.1) is 0 Å². The van der Waals surface area contributed by atoms with Gasteiger partial charge in [0.2, 0.25) is 0 Å². The molecular formula is C17H14N2. The van der Waals surface area contributed by atoms with Crippen molar-refractivity contribution in [3.05, 3.63) is 72.8 Å². The van der Waals surface area contributed by atoms with Crippen molar-refractivity contribution in [1.82, 2.24) is 9.97 Å². The van der Waals surface area contributed by atoms with Crippen LogP contribution in [-0.2, 0) is 0 Å². The van der Waals surface area contributed by atoms with E-state index in [0.717, 1.165) is 5.56 Å². The number of nitrogens with zero attached hydrogens (tertiary/aromatic N) is 2. The van der Waals surface area contributed by atoms with E-state index in [2.05, 4.69) is 41.2 Å². The van der Waals surface area contributed by atoms with E-state index in [1.165, 1.54) is 22.3 Å². The minimum absolute atomic E-state index is 1.15. The molecule has 0 fully saturated rings. The summed E-state index contributed by atoms with van der Waals surface area (Å²) in [6.07, 6.45) is 7.33. The highest BCUT2D eigenvalue weighted by atomic mass is 14.6. The van der Waals surface area contributed by atoms with Crippen LogP contribution in [0, 0.1) is 6.92 Å². The quantitative estimate of drug-likeness (QED) is 0.679. The number of aryl methyl sites for hydroxylation is 1. The van der Waals surface area contributed by atoms with E-state index in [9.17, 15) is 0 Å². The predicted molar refractivity (Wildman–Crippen MR) is 77.6 cm³/mol. The number of hydrogen-bond donors (Lipinski definition) is 0. The van der Waals surface area contributed by atoms with Gasteiger partial charge in [-0.25, -0.2) is 0 Å². The summed E-state index contributed by atoms with van der Waals surface area (Å²) in [4.78, 5) is 8.22. The van der Waals surface area contributed by atoms with Crippen molar-refractivity contribution in [3.63, 3.8) is 0 Å². The Morgan fingerprint density at radius 1 is 0.737 bits per heavy atom. The molecular weight excluding hydrogens is 232 g/mol. The fourth-order valence-electron chi connectivity index (χ4n) is 2.23. The second kappa shape index (κ2) is 5.02. The maximum Gasteiger partial charge on any atom is 0.0346 e. The highest BCUT2D eigenvalue weighted by Crippen LogP contribution is 2.27. The minimum Gasteiger partial charge on any atom is -0.265 e. The van der Waals surface area contributed by atoms with Gasteiger partial charge in [-0.1, -0.05) is 24.3 Å². The number of pyridine rings is 2. The standard InChI is InChI=1S/C17H14N2/c1-13-11-15(16-3-2-8-19-12-16)4-5-17(13)14-6-9-18-10-7-14/h2-12H,1H3. The highest BCUT2D eigenvalue weighted by Gasteiger charge is 2.04. The summed E-state index contributed by atoms with van der Waals surface area (Å²) < 4.78 is 0. The van der Waals surface area contributed by atoms with E-state index >= 15 is 0 Å². The topological polar surface area (TPSA) is 25.8 Å².